The predicted octanol–water partition coefficient (Wildman–Crippen LogP) is 3.20. The molecule has 7 heteroatoms. The molecule has 2 N–H and O–H groups in total. The van der Waals surface area contributed by atoms with Crippen molar-refractivity contribution in [3.63, 3.8) is 0 Å². The summed E-state index contributed by atoms with van der Waals surface area (Å²) in [4.78, 5) is 11.7. The molecular weight excluding hydrogens is 278 g/mol. The third-order valence-electron chi connectivity index (χ3n) is 2.50. The van der Waals surface area contributed by atoms with E-state index >= 15 is 0 Å². The fourth-order valence-electron chi connectivity index (χ4n) is 1.54. The first-order valence-corrected chi connectivity index (χ1v) is 5.34. The van der Waals surface area contributed by atoms with Gasteiger partial charge in [0.15, 0.2) is 17.4 Å². The van der Waals surface area contributed by atoms with Crippen LogP contribution in [0.4, 0.5) is 23.2 Å². The summed E-state index contributed by atoms with van der Waals surface area (Å²) in [5.41, 5.74) is -1.09. The van der Waals surface area contributed by atoms with E-state index in [1.807, 2.05) is 0 Å². The number of rotatable bonds is 2. The second kappa shape index (κ2) is 5.20. The van der Waals surface area contributed by atoms with Gasteiger partial charge in [0.2, 0.25) is 11.6 Å². The van der Waals surface area contributed by atoms with E-state index in [0.717, 1.165) is 0 Å². The molecule has 0 radical (unpaired) electrons. The Labute approximate surface area is 110 Å². The van der Waals surface area contributed by atoms with Crippen molar-refractivity contribution in [1.29, 1.82) is 0 Å². The van der Waals surface area contributed by atoms with Crippen molar-refractivity contribution < 1.29 is 27.5 Å². The molecule has 2 aromatic rings. The molecule has 0 saturated heterocycles. The van der Waals surface area contributed by atoms with E-state index in [0.29, 0.717) is 0 Å². The van der Waals surface area contributed by atoms with Gasteiger partial charge in [-0.1, -0.05) is 18.2 Å². The Morgan fingerprint density at radius 2 is 1.45 bits per heavy atom. The van der Waals surface area contributed by atoms with Gasteiger partial charge in [-0.2, -0.15) is 4.39 Å². The van der Waals surface area contributed by atoms with Crippen molar-refractivity contribution in [1.82, 2.24) is 0 Å². The van der Waals surface area contributed by atoms with Crippen molar-refractivity contribution in [2.45, 2.75) is 0 Å². The number of para-hydroxylation sites is 1. The molecular formula is C13H7F4NO2. The number of hydrogen-bond donors (Lipinski definition) is 2. The van der Waals surface area contributed by atoms with E-state index in [1.165, 1.54) is 12.1 Å². The predicted molar refractivity (Wildman–Crippen MR) is 62.3 cm³/mol. The fourth-order valence-corrected chi connectivity index (χ4v) is 1.54. The quantitative estimate of drug-likeness (QED) is 0.506. The van der Waals surface area contributed by atoms with Crippen LogP contribution in [0.3, 0.4) is 0 Å². The third kappa shape index (κ3) is 2.29. The van der Waals surface area contributed by atoms with Gasteiger partial charge in [0.05, 0.1) is 0 Å². The number of anilines is 1. The molecule has 2 rings (SSSR count). The van der Waals surface area contributed by atoms with Gasteiger partial charge in [0.25, 0.3) is 5.91 Å². The first-order chi connectivity index (χ1) is 9.43. The minimum atomic E-state index is -2.18. The molecule has 0 spiro atoms. The van der Waals surface area contributed by atoms with E-state index in [2.05, 4.69) is 5.32 Å². The average molecular weight is 285 g/mol. The van der Waals surface area contributed by atoms with Crippen LogP contribution in [0, 0.1) is 23.3 Å². The molecule has 0 heterocycles. The largest absolute Gasteiger partial charge is 0.504 e. The summed E-state index contributed by atoms with van der Waals surface area (Å²) in [7, 11) is 0. The summed E-state index contributed by atoms with van der Waals surface area (Å²) in [5.74, 6) is -11.2. The van der Waals surface area contributed by atoms with E-state index in [-0.39, 0.29) is 5.69 Å². The number of amides is 1. The van der Waals surface area contributed by atoms with Gasteiger partial charge in [-0.15, -0.1) is 0 Å². The molecule has 0 aromatic heterocycles. The Balaban J connectivity index is 2.45. The molecule has 20 heavy (non-hydrogen) atoms. The lowest BCUT2D eigenvalue weighted by atomic mass is 10.1. The highest BCUT2D eigenvalue weighted by molar-refractivity contribution is 6.06. The summed E-state index contributed by atoms with van der Waals surface area (Å²) in [6, 6.07) is 7.62. The number of carbonyl (C=O) groups is 1. The molecule has 0 atom stereocenters. The van der Waals surface area contributed by atoms with Crippen LogP contribution in [0.25, 0.3) is 0 Å². The molecule has 0 unspecified atom stereocenters. The summed E-state index contributed by atoms with van der Waals surface area (Å²) >= 11 is 0. The number of carbonyl (C=O) groups excluding carboxylic acids is 1. The van der Waals surface area contributed by atoms with Gasteiger partial charge in [-0.25, -0.2) is 13.2 Å². The molecule has 1 amide bonds. The summed E-state index contributed by atoms with van der Waals surface area (Å²) in [6.07, 6.45) is 0. The van der Waals surface area contributed by atoms with Crippen molar-refractivity contribution in [2.75, 3.05) is 5.32 Å². The van der Waals surface area contributed by atoms with Crippen LogP contribution < -0.4 is 5.32 Å². The topological polar surface area (TPSA) is 49.3 Å². The number of aromatic hydroxyl groups is 1. The van der Waals surface area contributed by atoms with Gasteiger partial charge in [0.1, 0.15) is 5.56 Å². The number of nitrogens with one attached hydrogen (secondary N) is 1. The average Bonchev–Trinajstić information content (AvgIpc) is 2.44. The number of phenolic OH excluding ortho intramolecular Hbond substituents is 1. The first kappa shape index (κ1) is 13.9. The molecule has 0 saturated carbocycles. The Morgan fingerprint density at radius 1 is 0.900 bits per heavy atom. The van der Waals surface area contributed by atoms with E-state index in [1.54, 1.807) is 18.2 Å². The van der Waals surface area contributed by atoms with Crippen LogP contribution in [0.5, 0.6) is 5.75 Å². The molecule has 0 bridgehead atoms. The summed E-state index contributed by atoms with van der Waals surface area (Å²) in [6.45, 7) is 0. The maximum Gasteiger partial charge on any atom is 0.262 e. The van der Waals surface area contributed by atoms with Gasteiger partial charge >= 0.3 is 0 Å². The first-order valence-electron chi connectivity index (χ1n) is 5.34. The zero-order valence-electron chi connectivity index (χ0n) is 9.75. The van der Waals surface area contributed by atoms with Crippen molar-refractivity contribution >= 4 is 11.6 Å². The molecule has 3 nitrogen and oxygen atoms in total. The lowest BCUT2D eigenvalue weighted by Gasteiger charge is -2.09. The second-order valence-corrected chi connectivity index (χ2v) is 3.80. The summed E-state index contributed by atoms with van der Waals surface area (Å²) < 4.78 is 52.5. The minimum absolute atomic E-state index is 0.210. The van der Waals surface area contributed by atoms with Gasteiger partial charge in [0, 0.05) is 5.69 Å². The number of hydrogen-bond acceptors (Lipinski definition) is 2. The zero-order valence-corrected chi connectivity index (χ0v) is 9.75. The van der Waals surface area contributed by atoms with Crippen LogP contribution in [-0.4, -0.2) is 11.0 Å². The fraction of sp³-hybridized carbons (Fsp3) is 0. The number of phenols is 1. The highest BCUT2D eigenvalue weighted by atomic mass is 19.2. The molecule has 0 aliphatic heterocycles. The maximum atomic E-state index is 13.5. The number of halogens is 4. The normalized spacial score (nSPS) is 10.4. The highest BCUT2D eigenvalue weighted by Gasteiger charge is 2.29. The number of benzene rings is 2. The van der Waals surface area contributed by atoms with Crippen LogP contribution in [-0.2, 0) is 0 Å². The monoisotopic (exact) mass is 285 g/mol. The second-order valence-electron chi connectivity index (χ2n) is 3.80. The minimum Gasteiger partial charge on any atom is -0.504 e. The third-order valence-corrected chi connectivity index (χ3v) is 2.50. The zero-order chi connectivity index (χ0) is 14.9. The molecule has 0 aliphatic carbocycles. The van der Waals surface area contributed by atoms with E-state index in [9.17, 15) is 27.5 Å². The Kier molecular flexibility index (Phi) is 3.60. The van der Waals surface area contributed by atoms with Crippen LogP contribution in [0.2, 0.25) is 0 Å². The van der Waals surface area contributed by atoms with Crippen LogP contribution >= 0.6 is 0 Å². The van der Waals surface area contributed by atoms with E-state index < -0.39 is 40.5 Å². The Morgan fingerprint density at radius 3 is 2.05 bits per heavy atom. The summed E-state index contributed by atoms with van der Waals surface area (Å²) in [5, 5.41) is 11.4. The van der Waals surface area contributed by atoms with Crippen LogP contribution in [0.1, 0.15) is 10.4 Å². The maximum absolute atomic E-state index is 13.5. The molecule has 0 aliphatic rings. The Bertz CT molecular complexity index is 645. The van der Waals surface area contributed by atoms with Crippen LogP contribution in [0.15, 0.2) is 30.3 Å². The molecule has 2 aromatic carbocycles. The van der Waals surface area contributed by atoms with Gasteiger partial charge in [-0.3, -0.25) is 4.79 Å². The molecule has 0 fully saturated rings. The smallest absolute Gasteiger partial charge is 0.262 e. The lowest BCUT2D eigenvalue weighted by Crippen LogP contribution is -2.16. The van der Waals surface area contributed by atoms with Crippen molar-refractivity contribution in [2.24, 2.45) is 0 Å². The Hall–Kier alpha value is -2.57. The van der Waals surface area contributed by atoms with Crippen molar-refractivity contribution in [3.05, 3.63) is 59.2 Å². The standard InChI is InChI=1S/C13H7F4NO2/c14-8-7(12(19)11(17)10(16)9(8)15)13(20)18-6-4-2-1-3-5-6/h1-5,19H,(H,18,20). The van der Waals surface area contributed by atoms with Crippen molar-refractivity contribution in [3.8, 4) is 5.75 Å². The lowest BCUT2D eigenvalue weighted by molar-refractivity contribution is 0.101. The van der Waals surface area contributed by atoms with Gasteiger partial charge in [-0.05, 0) is 12.1 Å². The van der Waals surface area contributed by atoms with Gasteiger partial charge < -0.3 is 10.4 Å². The molecule has 104 valence electrons. The SMILES string of the molecule is O=C(Nc1ccccc1)c1c(O)c(F)c(F)c(F)c1F. The van der Waals surface area contributed by atoms with E-state index in [4.69, 9.17) is 0 Å². The highest BCUT2D eigenvalue weighted by Crippen LogP contribution is 2.29.